The Morgan fingerprint density at radius 1 is 1.11 bits per heavy atom. The van der Waals surface area contributed by atoms with Crippen molar-refractivity contribution < 1.29 is 0 Å². The van der Waals surface area contributed by atoms with E-state index < -0.39 is 0 Å². The molecule has 0 amide bonds. The summed E-state index contributed by atoms with van der Waals surface area (Å²) in [5.41, 5.74) is 8.12. The first-order valence-corrected chi connectivity index (χ1v) is 7.41. The molecule has 1 saturated heterocycles. The minimum atomic E-state index is -0.0145. The molecule has 106 valence electrons. The van der Waals surface area contributed by atoms with Crippen molar-refractivity contribution in [1.82, 2.24) is 4.90 Å². The predicted molar refractivity (Wildman–Crippen MR) is 83.0 cm³/mol. The molecule has 0 spiro atoms. The number of nitrogens with zero attached hydrogens (tertiary/aromatic N) is 2. The van der Waals surface area contributed by atoms with Gasteiger partial charge in [-0.15, -0.1) is 0 Å². The van der Waals surface area contributed by atoms with E-state index in [-0.39, 0.29) is 6.04 Å². The molecule has 2 N–H and O–H groups in total. The number of hydrogen-bond donors (Lipinski definition) is 1. The van der Waals surface area contributed by atoms with Crippen molar-refractivity contribution in [3.05, 3.63) is 28.8 Å². The van der Waals surface area contributed by atoms with Crippen LogP contribution in [-0.4, -0.2) is 37.1 Å². The number of anilines is 1. The lowest BCUT2D eigenvalue weighted by atomic mass is 10.1. The number of piperazine rings is 1. The molecule has 1 aliphatic rings. The molecule has 4 heteroatoms. The molecule has 0 saturated carbocycles. The van der Waals surface area contributed by atoms with Crippen LogP contribution in [0.3, 0.4) is 0 Å². The van der Waals surface area contributed by atoms with Crippen LogP contribution in [-0.2, 0) is 0 Å². The van der Waals surface area contributed by atoms with Crippen molar-refractivity contribution in [3.8, 4) is 0 Å². The molecule has 0 bridgehead atoms. The molecular weight excluding hydrogens is 258 g/mol. The van der Waals surface area contributed by atoms with Gasteiger partial charge in [-0.25, -0.2) is 0 Å². The summed E-state index contributed by atoms with van der Waals surface area (Å²) in [7, 11) is 0. The van der Waals surface area contributed by atoms with Gasteiger partial charge in [-0.05, 0) is 38.5 Å². The minimum Gasteiger partial charge on any atom is -0.369 e. The lowest BCUT2D eigenvalue weighted by Crippen LogP contribution is -2.48. The standard InChI is InChI=1S/C15H24ClN3/c1-11(2)18-6-8-19(9-7-18)13-4-5-14(12(3)17)15(16)10-13/h4-5,10-12H,6-9,17H2,1-3H3. The largest absolute Gasteiger partial charge is 0.369 e. The Morgan fingerprint density at radius 2 is 1.74 bits per heavy atom. The molecule has 0 radical (unpaired) electrons. The smallest absolute Gasteiger partial charge is 0.0474 e. The molecule has 1 atom stereocenters. The van der Waals surface area contributed by atoms with E-state index >= 15 is 0 Å². The van der Waals surface area contributed by atoms with Gasteiger partial charge in [0.25, 0.3) is 0 Å². The number of rotatable bonds is 3. The van der Waals surface area contributed by atoms with Crippen LogP contribution in [0.15, 0.2) is 18.2 Å². The van der Waals surface area contributed by atoms with Gasteiger partial charge in [0.05, 0.1) is 0 Å². The summed E-state index contributed by atoms with van der Waals surface area (Å²) >= 11 is 6.31. The highest BCUT2D eigenvalue weighted by Crippen LogP contribution is 2.27. The summed E-state index contributed by atoms with van der Waals surface area (Å²) in [6.45, 7) is 10.8. The van der Waals surface area contributed by atoms with E-state index in [1.165, 1.54) is 5.69 Å². The Hall–Kier alpha value is -0.770. The molecule has 1 aromatic carbocycles. The van der Waals surface area contributed by atoms with Crippen molar-refractivity contribution in [1.29, 1.82) is 0 Å². The summed E-state index contributed by atoms with van der Waals surface area (Å²) in [5, 5.41) is 0.777. The first-order valence-electron chi connectivity index (χ1n) is 7.03. The zero-order valence-electron chi connectivity index (χ0n) is 12.1. The summed E-state index contributed by atoms with van der Waals surface area (Å²) in [5.74, 6) is 0. The number of halogens is 1. The highest BCUT2D eigenvalue weighted by atomic mass is 35.5. The van der Waals surface area contributed by atoms with E-state index in [0.29, 0.717) is 6.04 Å². The third-order valence-electron chi connectivity index (χ3n) is 3.88. The molecular formula is C15H24ClN3. The van der Waals surface area contributed by atoms with E-state index in [1.54, 1.807) is 0 Å². The quantitative estimate of drug-likeness (QED) is 0.925. The van der Waals surface area contributed by atoms with Crippen LogP contribution < -0.4 is 10.6 Å². The number of benzene rings is 1. The second-order valence-corrected chi connectivity index (χ2v) is 6.02. The first kappa shape index (κ1) is 14.6. The second kappa shape index (κ2) is 6.12. The zero-order chi connectivity index (χ0) is 14.0. The molecule has 3 nitrogen and oxygen atoms in total. The van der Waals surface area contributed by atoms with Crippen LogP contribution in [0.2, 0.25) is 5.02 Å². The van der Waals surface area contributed by atoms with Crippen molar-refractivity contribution >= 4 is 17.3 Å². The summed E-state index contributed by atoms with van der Waals surface area (Å²) in [6, 6.07) is 6.85. The Morgan fingerprint density at radius 3 is 2.21 bits per heavy atom. The fourth-order valence-electron chi connectivity index (χ4n) is 2.58. The SMILES string of the molecule is CC(N)c1ccc(N2CCN(C(C)C)CC2)cc1Cl. The Balaban J connectivity index is 2.06. The van der Waals surface area contributed by atoms with Gasteiger partial charge in [-0.2, -0.15) is 0 Å². The topological polar surface area (TPSA) is 32.5 Å². The third-order valence-corrected chi connectivity index (χ3v) is 4.21. The van der Waals surface area contributed by atoms with Crippen molar-refractivity contribution in [2.24, 2.45) is 5.73 Å². The van der Waals surface area contributed by atoms with E-state index in [4.69, 9.17) is 17.3 Å². The van der Waals surface area contributed by atoms with Crippen molar-refractivity contribution in [2.45, 2.75) is 32.9 Å². The lowest BCUT2D eigenvalue weighted by Gasteiger charge is -2.38. The summed E-state index contributed by atoms with van der Waals surface area (Å²) < 4.78 is 0. The van der Waals surface area contributed by atoms with Gasteiger partial charge in [0, 0.05) is 49.0 Å². The maximum Gasteiger partial charge on any atom is 0.0474 e. The van der Waals surface area contributed by atoms with E-state index in [9.17, 15) is 0 Å². The second-order valence-electron chi connectivity index (χ2n) is 5.61. The maximum absolute atomic E-state index is 6.31. The molecule has 2 rings (SSSR count). The van der Waals surface area contributed by atoms with Crippen LogP contribution in [0.4, 0.5) is 5.69 Å². The molecule has 1 unspecified atom stereocenters. The summed E-state index contributed by atoms with van der Waals surface area (Å²) in [6.07, 6.45) is 0. The van der Waals surface area contributed by atoms with Crippen LogP contribution in [0.25, 0.3) is 0 Å². The van der Waals surface area contributed by atoms with Crippen LogP contribution >= 0.6 is 11.6 Å². The number of hydrogen-bond acceptors (Lipinski definition) is 3. The van der Waals surface area contributed by atoms with Gasteiger partial charge >= 0.3 is 0 Å². The Bertz CT molecular complexity index is 423. The minimum absolute atomic E-state index is 0.0145. The van der Waals surface area contributed by atoms with Gasteiger partial charge in [0.2, 0.25) is 0 Å². The molecule has 1 fully saturated rings. The van der Waals surface area contributed by atoms with E-state index in [1.807, 2.05) is 13.0 Å². The number of nitrogens with two attached hydrogens (primary N) is 1. The predicted octanol–water partition coefficient (Wildman–Crippen LogP) is 2.89. The molecule has 1 aromatic rings. The van der Waals surface area contributed by atoms with Gasteiger partial charge in [-0.1, -0.05) is 17.7 Å². The van der Waals surface area contributed by atoms with E-state index in [2.05, 4.69) is 35.8 Å². The van der Waals surface area contributed by atoms with Crippen molar-refractivity contribution in [2.75, 3.05) is 31.1 Å². The van der Waals surface area contributed by atoms with Crippen LogP contribution in [0, 0.1) is 0 Å². The maximum atomic E-state index is 6.31. The highest BCUT2D eigenvalue weighted by Gasteiger charge is 2.19. The fraction of sp³-hybridized carbons (Fsp3) is 0.600. The molecule has 1 heterocycles. The average molecular weight is 282 g/mol. The Labute approximate surface area is 121 Å². The lowest BCUT2D eigenvalue weighted by molar-refractivity contribution is 0.209. The molecule has 0 aliphatic carbocycles. The monoisotopic (exact) mass is 281 g/mol. The summed E-state index contributed by atoms with van der Waals surface area (Å²) in [4.78, 5) is 4.91. The first-order chi connectivity index (χ1) is 8.99. The fourth-order valence-corrected chi connectivity index (χ4v) is 2.93. The van der Waals surface area contributed by atoms with Gasteiger partial charge in [0.15, 0.2) is 0 Å². The van der Waals surface area contributed by atoms with Crippen LogP contribution in [0.1, 0.15) is 32.4 Å². The normalized spacial score (nSPS) is 18.9. The van der Waals surface area contributed by atoms with Gasteiger partial charge in [-0.3, -0.25) is 4.90 Å². The average Bonchev–Trinajstić information content (AvgIpc) is 2.38. The van der Waals surface area contributed by atoms with Crippen LogP contribution in [0.5, 0.6) is 0 Å². The van der Waals surface area contributed by atoms with Gasteiger partial charge in [0.1, 0.15) is 0 Å². The van der Waals surface area contributed by atoms with Crippen molar-refractivity contribution in [3.63, 3.8) is 0 Å². The molecule has 0 aromatic heterocycles. The van der Waals surface area contributed by atoms with Gasteiger partial charge < -0.3 is 10.6 Å². The zero-order valence-corrected chi connectivity index (χ0v) is 12.8. The Kier molecular flexibility index (Phi) is 4.71. The third kappa shape index (κ3) is 3.41. The molecule has 19 heavy (non-hydrogen) atoms. The highest BCUT2D eigenvalue weighted by molar-refractivity contribution is 6.31. The molecule has 1 aliphatic heterocycles. The van der Waals surface area contributed by atoms with E-state index in [0.717, 1.165) is 36.8 Å².